The number of hydrogen-bond acceptors (Lipinski definition) is 3. The molecule has 118 valence electrons. The molecule has 22 heavy (non-hydrogen) atoms. The maximum Gasteiger partial charge on any atom is 0.427 e. The second-order valence-electron chi connectivity index (χ2n) is 5.32. The number of carbonyl (C=O) groups is 1. The Labute approximate surface area is 128 Å². The van der Waals surface area contributed by atoms with E-state index in [1.165, 1.54) is 18.2 Å². The van der Waals surface area contributed by atoms with Gasteiger partial charge in [-0.2, -0.15) is 0 Å². The number of benzene rings is 1. The minimum absolute atomic E-state index is 0.0606. The summed E-state index contributed by atoms with van der Waals surface area (Å²) < 4.78 is 11.1. The summed E-state index contributed by atoms with van der Waals surface area (Å²) in [5.41, 5.74) is 1.07. The largest absolute Gasteiger partial charge is 0.508 e. The van der Waals surface area contributed by atoms with E-state index < -0.39 is 13.7 Å². The predicted molar refractivity (Wildman–Crippen MR) is 82.0 cm³/mol. The molecule has 4 N–H and O–H groups in total. The van der Waals surface area contributed by atoms with Crippen LogP contribution in [0, 0.1) is 5.92 Å². The highest BCUT2D eigenvalue weighted by Gasteiger charge is 2.29. The van der Waals surface area contributed by atoms with Crippen molar-refractivity contribution in [1.82, 2.24) is 5.09 Å². The zero-order chi connectivity index (χ0) is 16.3. The predicted octanol–water partition coefficient (Wildman–Crippen LogP) is 2.21. The smallest absolute Gasteiger partial charge is 0.427 e. The first-order valence-corrected chi connectivity index (χ1v) is 8.42. The summed E-state index contributed by atoms with van der Waals surface area (Å²) in [6.07, 6.45) is 4.74. The van der Waals surface area contributed by atoms with Gasteiger partial charge in [0.25, 0.3) is 0 Å². The number of ketones is 1. The quantitative estimate of drug-likeness (QED) is 0.619. The Bertz CT molecular complexity index is 676. The van der Waals surface area contributed by atoms with E-state index in [-0.39, 0.29) is 23.1 Å². The molecule has 1 aliphatic rings. The van der Waals surface area contributed by atoms with Crippen molar-refractivity contribution >= 4 is 13.5 Å². The number of allylic oxidation sites excluding steroid dienone is 4. The molecule has 1 aliphatic carbocycles. The van der Waals surface area contributed by atoms with Gasteiger partial charge in [0.2, 0.25) is 0 Å². The van der Waals surface area contributed by atoms with Crippen molar-refractivity contribution in [3.05, 3.63) is 53.8 Å². The van der Waals surface area contributed by atoms with Crippen molar-refractivity contribution in [2.75, 3.05) is 0 Å². The summed E-state index contributed by atoms with van der Waals surface area (Å²) in [6.45, 7) is 1.90. The van der Waals surface area contributed by atoms with Gasteiger partial charge in [-0.05, 0) is 42.2 Å². The van der Waals surface area contributed by atoms with E-state index >= 15 is 0 Å². The van der Waals surface area contributed by atoms with Crippen LogP contribution < -0.4 is 5.09 Å². The molecule has 0 bridgehead atoms. The SMILES string of the molecule is CC(CC1C(=O)C=CC=C1NP(=O)(O)O)c1cccc(O)c1. The van der Waals surface area contributed by atoms with Crippen molar-refractivity contribution in [3.8, 4) is 5.75 Å². The standard InChI is InChI=1S/C15H18NO5P/c1-10(11-4-2-5-12(17)9-11)8-13-14(16-22(19,20)21)6-3-7-15(13)18/h2-7,9-10,13,17H,8H2,1H3,(H3,16,19,20,21). The lowest BCUT2D eigenvalue weighted by Gasteiger charge is -2.25. The highest BCUT2D eigenvalue weighted by atomic mass is 31.2. The molecule has 0 saturated heterocycles. The minimum Gasteiger partial charge on any atom is -0.508 e. The zero-order valence-corrected chi connectivity index (χ0v) is 12.9. The second-order valence-corrected chi connectivity index (χ2v) is 6.64. The van der Waals surface area contributed by atoms with Gasteiger partial charge < -0.3 is 14.9 Å². The van der Waals surface area contributed by atoms with E-state index in [9.17, 15) is 14.5 Å². The molecule has 0 aliphatic heterocycles. The molecule has 1 aromatic carbocycles. The molecule has 1 aromatic rings. The van der Waals surface area contributed by atoms with E-state index in [0.717, 1.165) is 5.56 Å². The van der Waals surface area contributed by atoms with Crippen LogP contribution in [-0.2, 0) is 9.36 Å². The third-order valence-electron chi connectivity index (χ3n) is 3.56. The Morgan fingerprint density at radius 3 is 2.73 bits per heavy atom. The first-order valence-electron chi connectivity index (χ1n) is 6.81. The van der Waals surface area contributed by atoms with Crippen LogP contribution >= 0.6 is 7.75 Å². The molecule has 0 radical (unpaired) electrons. The molecular formula is C15H18NO5P. The first kappa shape index (κ1) is 16.5. The van der Waals surface area contributed by atoms with Gasteiger partial charge in [-0.1, -0.05) is 25.1 Å². The maximum atomic E-state index is 12.1. The molecule has 0 saturated carbocycles. The van der Waals surface area contributed by atoms with Gasteiger partial charge in [0.1, 0.15) is 5.75 Å². The molecular weight excluding hydrogens is 305 g/mol. The van der Waals surface area contributed by atoms with Crippen molar-refractivity contribution in [1.29, 1.82) is 0 Å². The summed E-state index contributed by atoms with van der Waals surface area (Å²) in [5, 5.41) is 11.6. The van der Waals surface area contributed by atoms with E-state index in [4.69, 9.17) is 9.79 Å². The second kappa shape index (κ2) is 6.48. The number of phenolic OH excluding ortho intramolecular Hbond substituents is 1. The van der Waals surface area contributed by atoms with Crippen LogP contribution in [0.15, 0.2) is 48.2 Å². The molecule has 2 unspecified atom stereocenters. The molecule has 2 atom stereocenters. The van der Waals surface area contributed by atoms with Gasteiger partial charge in [-0.3, -0.25) is 9.88 Å². The molecule has 0 heterocycles. The number of phenols is 1. The van der Waals surface area contributed by atoms with Crippen LogP contribution in [-0.4, -0.2) is 20.7 Å². The van der Waals surface area contributed by atoms with E-state index in [1.807, 2.05) is 13.0 Å². The van der Waals surface area contributed by atoms with E-state index in [0.29, 0.717) is 6.42 Å². The Morgan fingerprint density at radius 1 is 1.36 bits per heavy atom. The fourth-order valence-electron chi connectivity index (χ4n) is 2.48. The fourth-order valence-corrected chi connectivity index (χ4v) is 3.05. The number of hydrogen-bond donors (Lipinski definition) is 4. The fraction of sp³-hybridized carbons (Fsp3) is 0.267. The summed E-state index contributed by atoms with van der Waals surface area (Å²) in [6, 6.07) is 6.74. The van der Waals surface area contributed by atoms with Crippen LogP contribution in [0.1, 0.15) is 24.8 Å². The molecule has 2 rings (SSSR count). The number of carbonyl (C=O) groups excluding carboxylic acids is 1. The average Bonchev–Trinajstić information content (AvgIpc) is 2.41. The Kier molecular flexibility index (Phi) is 4.86. The van der Waals surface area contributed by atoms with E-state index in [1.54, 1.807) is 18.2 Å². The number of nitrogens with one attached hydrogen (secondary N) is 1. The van der Waals surface area contributed by atoms with Gasteiger partial charge in [0, 0.05) is 5.70 Å². The first-order chi connectivity index (χ1) is 10.3. The normalized spacial score (nSPS) is 19.7. The highest BCUT2D eigenvalue weighted by Crippen LogP contribution is 2.36. The summed E-state index contributed by atoms with van der Waals surface area (Å²) >= 11 is 0. The molecule has 6 nitrogen and oxygen atoms in total. The van der Waals surface area contributed by atoms with Crippen molar-refractivity contribution < 1.29 is 24.3 Å². The molecule has 0 fully saturated rings. The highest BCUT2D eigenvalue weighted by molar-refractivity contribution is 7.49. The van der Waals surface area contributed by atoms with Crippen molar-refractivity contribution in [2.45, 2.75) is 19.3 Å². The molecule has 7 heteroatoms. The summed E-state index contributed by atoms with van der Waals surface area (Å²) in [4.78, 5) is 30.2. The Morgan fingerprint density at radius 2 is 2.09 bits per heavy atom. The zero-order valence-electron chi connectivity index (χ0n) is 12.0. The summed E-state index contributed by atoms with van der Waals surface area (Å²) in [7, 11) is -4.47. The summed E-state index contributed by atoms with van der Waals surface area (Å²) in [5.74, 6) is -0.765. The number of aromatic hydroxyl groups is 1. The number of rotatable bonds is 5. The third kappa shape index (κ3) is 4.31. The topological polar surface area (TPSA) is 107 Å². The van der Waals surface area contributed by atoms with Crippen LogP contribution in [0.3, 0.4) is 0 Å². The van der Waals surface area contributed by atoms with Crippen LogP contribution in [0.5, 0.6) is 5.75 Å². The monoisotopic (exact) mass is 323 g/mol. The van der Waals surface area contributed by atoms with Gasteiger partial charge in [0.15, 0.2) is 5.78 Å². The third-order valence-corrected chi connectivity index (χ3v) is 4.11. The maximum absolute atomic E-state index is 12.1. The van der Waals surface area contributed by atoms with Crippen molar-refractivity contribution in [2.24, 2.45) is 5.92 Å². The molecule has 0 aromatic heterocycles. The molecule has 0 amide bonds. The minimum atomic E-state index is -4.47. The van der Waals surface area contributed by atoms with Crippen LogP contribution in [0.4, 0.5) is 0 Å². The van der Waals surface area contributed by atoms with Gasteiger partial charge >= 0.3 is 7.75 Å². The van der Waals surface area contributed by atoms with Gasteiger partial charge in [0.05, 0.1) is 5.92 Å². The van der Waals surface area contributed by atoms with Crippen LogP contribution in [0.2, 0.25) is 0 Å². The Hall–Kier alpha value is -1.88. The van der Waals surface area contributed by atoms with Gasteiger partial charge in [-0.25, -0.2) is 4.57 Å². The average molecular weight is 323 g/mol. The van der Waals surface area contributed by atoms with Crippen LogP contribution in [0.25, 0.3) is 0 Å². The molecule has 0 spiro atoms. The lowest BCUT2D eigenvalue weighted by Crippen LogP contribution is -2.26. The Balaban J connectivity index is 2.18. The van der Waals surface area contributed by atoms with Crippen molar-refractivity contribution in [3.63, 3.8) is 0 Å². The lowest BCUT2D eigenvalue weighted by atomic mass is 9.84. The van der Waals surface area contributed by atoms with E-state index in [2.05, 4.69) is 5.09 Å². The lowest BCUT2D eigenvalue weighted by molar-refractivity contribution is -0.117. The van der Waals surface area contributed by atoms with Gasteiger partial charge in [-0.15, -0.1) is 0 Å².